The Morgan fingerprint density at radius 3 is 2.56 bits per heavy atom. The zero-order valence-corrected chi connectivity index (χ0v) is 24.1. The van der Waals surface area contributed by atoms with Gasteiger partial charge in [-0.1, -0.05) is 57.2 Å². The molecule has 0 fully saturated rings. The van der Waals surface area contributed by atoms with Gasteiger partial charge in [0.25, 0.3) is 0 Å². The van der Waals surface area contributed by atoms with Crippen molar-refractivity contribution in [1.29, 1.82) is 5.26 Å². The first-order valence-corrected chi connectivity index (χ1v) is 14.1. The van der Waals surface area contributed by atoms with Crippen LogP contribution in [0.25, 0.3) is 22.4 Å². The minimum atomic E-state index is -0.0794. The van der Waals surface area contributed by atoms with Crippen molar-refractivity contribution in [3.8, 4) is 17.3 Å². The molecule has 4 heterocycles. The molecule has 0 amide bonds. The Kier molecular flexibility index (Phi) is 6.84. The van der Waals surface area contributed by atoms with Gasteiger partial charge >= 0.3 is 5.69 Å². The maximum atomic E-state index is 13.0. The third-order valence-corrected chi connectivity index (χ3v) is 7.75. The number of rotatable bonds is 6. The molecule has 1 aliphatic heterocycles. The van der Waals surface area contributed by atoms with Crippen LogP contribution in [0.3, 0.4) is 0 Å². The summed E-state index contributed by atoms with van der Waals surface area (Å²) in [4.78, 5) is 25.0. The number of imidazole rings is 2. The maximum absolute atomic E-state index is 13.0. The van der Waals surface area contributed by atoms with Crippen LogP contribution < -0.4 is 5.69 Å². The Morgan fingerprint density at radius 2 is 1.80 bits per heavy atom. The van der Waals surface area contributed by atoms with Gasteiger partial charge < -0.3 is 4.57 Å². The predicted molar refractivity (Wildman–Crippen MR) is 160 cm³/mol. The van der Waals surface area contributed by atoms with Crippen LogP contribution >= 0.6 is 0 Å². The zero-order valence-electron chi connectivity index (χ0n) is 24.1. The average Bonchev–Trinajstić information content (AvgIpc) is 3.46. The number of nitrogens with zero attached hydrogens (tertiary/aromatic N) is 7. The second-order valence-electron chi connectivity index (χ2n) is 12.2. The largest absolute Gasteiger partial charge is 0.330 e. The van der Waals surface area contributed by atoms with Crippen molar-refractivity contribution < 1.29 is 0 Å². The normalized spacial score (nSPS) is 13.8. The third kappa shape index (κ3) is 5.33. The Balaban J connectivity index is 1.25. The molecule has 0 bridgehead atoms. The standard InChI is InChI=1S/C33H35N7O/c1-33(2,3)22-40-29-13-12-28(36-31(29)37(4)32(40)41)27-17-24(10-11-25(27)18-34)20-38-14-15-39-26(19-35-30(39)21-38)16-23-8-6-5-7-9-23/h5-13,17,19H,14-16,20-22H2,1-4H3. The molecule has 5 aromatic rings. The fourth-order valence-corrected chi connectivity index (χ4v) is 5.76. The first-order valence-electron chi connectivity index (χ1n) is 14.1. The summed E-state index contributed by atoms with van der Waals surface area (Å²) in [5.74, 6) is 1.09. The Hall–Kier alpha value is -4.48. The number of hydrogen-bond acceptors (Lipinski definition) is 5. The highest BCUT2D eigenvalue weighted by atomic mass is 16.1. The van der Waals surface area contributed by atoms with Gasteiger partial charge in [0.2, 0.25) is 0 Å². The lowest BCUT2D eigenvalue weighted by Gasteiger charge is -2.28. The van der Waals surface area contributed by atoms with Crippen LogP contribution in [-0.2, 0) is 39.6 Å². The number of aryl methyl sites for hydroxylation is 1. The van der Waals surface area contributed by atoms with E-state index in [9.17, 15) is 10.1 Å². The number of nitriles is 1. The van der Waals surface area contributed by atoms with Crippen molar-refractivity contribution in [2.45, 2.75) is 53.4 Å². The van der Waals surface area contributed by atoms with Crippen LogP contribution in [0.1, 0.15) is 49.0 Å². The monoisotopic (exact) mass is 545 g/mol. The van der Waals surface area contributed by atoms with E-state index >= 15 is 0 Å². The molecule has 3 aromatic heterocycles. The molecule has 0 spiro atoms. The van der Waals surface area contributed by atoms with Gasteiger partial charge in [-0.25, -0.2) is 14.8 Å². The van der Waals surface area contributed by atoms with Gasteiger partial charge in [-0.15, -0.1) is 0 Å². The summed E-state index contributed by atoms with van der Waals surface area (Å²) in [5, 5.41) is 9.89. The van der Waals surface area contributed by atoms with Crippen molar-refractivity contribution in [2.24, 2.45) is 12.5 Å². The molecule has 0 saturated carbocycles. The van der Waals surface area contributed by atoms with E-state index in [1.165, 1.54) is 11.3 Å². The minimum absolute atomic E-state index is 0.0475. The van der Waals surface area contributed by atoms with E-state index in [0.717, 1.165) is 55.1 Å². The second-order valence-corrected chi connectivity index (χ2v) is 12.2. The molecule has 208 valence electrons. The molecule has 8 heteroatoms. The van der Waals surface area contributed by atoms with E-state index in [0.29, 0.717) is 23.4 Å². The molecule has 0 saturated heterocycles. The third-order valence-electron chi connectivity index (χ3n) is 7.75. The molecule has 41 heavy (non-hydrogen) atoms. The van der Waals surface area contributed by atoms with E-state index in [4.69, 9.17) is 9.97 Å². The minimum Gasteiger partial charge on any atom is -0.329 e. The summed E-state index contributed by atoms with van der Waals surface area (Å²) in [5.41, 5.74) is 7.01. The van der Waals surface area contributed by atoms with Gasteiger partial charge in [0.1, 0.15) is 5.82 Å². The Bertz CT molecular complexity index is 1830. The van der Waals surface area contributed by atoms with Gasteiger partial charge in [0, 0.05) is 57.1 Å². The second kappa shape index (κ2) is 10.5. The molecule has 2 aromatic carbocycles. The molecule has 0 radical (unpaired) electrons. The van der Waals surface area contributed by atoms with Crippen LogP contribution in [0.15, 0.2) is 71.7 Å². The molecule has 0 aliphatic carbocycles. The summed E-state index contributed by atoms with van der Waals surface area (Å²) in [6.45, 7) is 10.3. The smallest absolute Gasteiger partial charge is 0.329 e. The van der Waals surface area contributed by atoms with E-state index in [-0.39, 0.29) is 11.1 Å². The first kappa shape index (κ1) is 26.7. The molecular formula is C33H35N7O. The van der Waals surface area contributed by atoms with Crippen LogP contribution in [-0.4, -0.2) is 35.1 Å². The van der Waals surface area contributed by atoms with E-state index in [1.807, 2.05) is 36.5 Å². The Labute approximate surface area is 240 Å². The van der Waals surface area contributed by atoms with Crippen LogP contribution in [0, 0.1) is 16.7 Å². The molecule has 8 nitrogen and oxygen atoms in total. The highest BCUT2D eigenvalue weighted by Crippen LogP contribution is 2.28. The van der Waals surface area contributed by atoms with Crippen molar-refractivity contribution in [3.63, 3.8) is 0 Å². The van der Waals surface area contributed by atoms with Crippen LogP contribution in [0.5, 0.6) is 0 Å². The molecule has 0 atom stereocenters. The van der Waals surface area contributed by atoms with Crippen LogP contribution in [0.2, 0.25) is 0 Å². The molecule has 0 unspecified atom stereocenters. The summed E-state index contributed by atoms with van der Waals surface area (Å²) in [7, 11) is 1.76. The topological polar surface area (TPSA) is 84.7 Å². The van der Waals surface area contributed by atoms with Crippen molar-refractivity contribution in [2.75, 3.05) is 6.54 Å². The summed E-state index contributed by atoms with van der Waals surface area (Å²) in [6.07, 6.45) is 2.89. The lowest BCUT2D eigenvalue weighted by Crippen LogP contribution is -2.34. The van der Waals surface area contributed by atoms with Crippen LogP contribution in [0.4, 0.5) is 0 Å². The lowest BCUT2D eigenvalue weighted by atomic mass is 9.97. The van der Waals surface area contributed by atoms with E-state index < -0.39 is 0 Å². The summed E-state index contributed by atoms with van der Waals surface area (Å²) in [6, 6.07) is 22.7. The fourth-order valence-electron chi connectivity index (χ4n) is 5.76. The average molecular weight is 546 g/mol. The molecule has 0 N–H and O–H groups in total. The van der Waals surface area contributed by atoms with Gasteiger partial charge in [-0.3, -0.25) is 14.0 Å². The number of pyridine rings is 1. The molecular weight excluding hydrogens is 510 g/mol. The number of fused-ring (bicyclic) bond motifs is 2. The fraction of sp³-hybridized carbons (Fsp3) is 0.333. The number of aromatic nitrogens is 5. The highest BCUT2D eigenvalue weighted by Gasteiger charge is 2.22. The Morgan fingerprint density at radius 1 is 1.00 bits per heavy atom. The van der Waals surface area contributed by atoms with E-state index in [2.05, 4.69) is 66.6 Å². The van der Waals surface area contributed by atoms with Gasteiger partial charge in [0.15, 0.2) is 5.65 Å². The van der Waals surface area contributed by atoms with Gasteiger partial charge in [-0.2, -0.15) is 5.26 Å². The first-order chi connectivity index (χ1) is 19.7. The van der Waals surface area contributed by atoms with Crippen molar-refractivity contribution >= 4 is 11.2 Å². The van der Waals surface area contributed by atoms with Gasteiger partial charge in [0.05, 0.1) is 29.4 Å². The van der Waals surface area contributed by atoms with E-state index in [1.54, 1.807) is 16.2 Å². The summed E-state index contributed by atoms with van der Waals surface area (Å²) < 4.78 is 5.74. The zero-order chi connectivity index (χ0) is 28.7. The number of hydrogen-bond donors (Lipinski definition) is 0. The predicted octanol–water partition coefficient (Wildman–Crippen LogP) is 5.12. The maximum Gasteiger partial charge on any atom is 0.330 e. The SMILES string of the molecule is Cn1c(=O)n(CC(C)(C)C)c2ccc(-c3cc(CN4CCn5c(Cc6ccccc6)cnc5C4)ccc3C#N)nc21. The highest BCUT2D eigenvalue weighted by molar-refractivity contribution is 5.78. The quantitative estimate of drug-likeness (QED) is 0.296. The molecule has 1 aliphatic rings. The van der Waals surface area contributed by atoms with Crippen molar-refractivity contribution in [1.82, 2.24) is 28.6 Å². The summed E-state index contributed by atoms with van der Waals surface area (Å²) >= 11 is 0. The van der Waals surface area contributed by atoms with Crippen molar-refractivity contribution in [3.05, 3.63) is 106 Å². The lowest BCUT2D eigenvalue weighted by molar-refractivity contribution is 0.207. The molecule has 6 rings (SSSR count). The number of benzene rings is 2. The van der Waals surface area contributed by atoms with Gasteiger partial charge in [-0.05, 0) is 40.8 Å².